The Morgan fingerprint density at radius 1 is 1.77 bits per heavy atom. The van der Waals surface area contributed by atoms with Crippen molar-refractivity contribution in [3.8, 4) is 0 Å². The van der Waals surface area contributed by atoms with Crippen molar-refractivity contribution in [2.75, 3.05) is 0 Å². The standard InChI is InChI=1S/C9H14N2O2/c1-4-9(2,8(12)13)7-5-6-11(3)10-7/h5-6H,4H2,1-3H3,(H,12,13). The van der Waals surface area contributed by atoms with Crippen molar-refractivity contribution >= 4 is 5.97 Å². The first-order valence-electron chi connectivity index (χ1n) is 4.24. The average molecular weight is 182 g/mol. The molecule has 0 amide bonds. The zero-order valence-corrected chi connectivity index (χ0v) is 8.11. The molecule has 4 heteroatoms. The third-order valence-electron chi connectivity index (χ3n) is 2.46. The van der Waals surface area contributed by atoms with Crippen molar-refractivity contribution in [2.24, 2.45) is 7.05 Å². The number of nitrogens with zero attached hydrogens (tertiary/aromatic N) is 2. The fourth-order valence-corrected chi connectivity index (χ4v) is 1.15. The second-order valence-electron chi connectivity index (χ2n) is 3.37. The Kier molecular flexibility index (Phi) is 2.40. The number of carbonyl (C=O) groups is 1. The fraction of sp³-hybridized carbons (Fsp3) is 0.556. The summed E-state index contributed by atoms with van der Waals surface area (Å²) in [6, 6.07) is 1.75. The monoisotopic (exact) mass is 182 g/mol. The van der Waals surface area contributed by atoms with Gasteiger partial charge in [0.2, 0.25) is 0 Å². The summed E-state index contributed by atoms with van der Waals surface area (Å²) < 4.78 is 1.62. The molecule has 1 N–H and O–H groups in total. The summed E-state index contributed by atoms with van der Waals surface area (Å²) in [4.78, 5) is 11.0. The predicted molar refractivity (Wildman–Crippen MR) is 48.5 cm³/mol. The average Bonchev–Trinajstić information content (AvgIpc) is 2.50. The van der Waals surface area contributed by atoms with Gasteiger partial charge in [-0.25, -0.2) is 0 Å². The predicted octanol–water partition coefficient (Wildman–Crippen LogP) is 1.17. The van der Waals surface area contributed by atoms with Crippen molar-refractivity contribution in [1.29, 1.82) is 0 Å². The smallest absolute Gasteiger partial charge is 0.315 e. The molecular formula is C9H14N2O2. The number of carboxylic acid groups (broad SMARTS) is 1. The van der Waals surface area contributed by atoms with Crippen LogP contribution in [0.1, 0.15) is 26.0 Å². The number of aliphatic carboxylic acids is 1. The van der Waals surface area contributed by atoms with Crippen molar-refractivity contribution in [2.45, 2.75) is 25.7 Å². The van der Waals surface area contributed by atoms with Gasteiger partial charge in [-0.05, 0) is 19.4 Å². The minimum atomic E-state index is -0.860. The second-order valence-corrected chi connectivity index (χ2v) is 3.37. The highest BCUT2D eigenvalue weighted by molar-refractivity contribution is 5.79. The molecule has 0 aromatic carbocycles. The first-order chi connectivity index (χ1) is 6.00. The Balaban J connectivity index is 3.09. The molecule has 72 valence electrons. The van der Waals surface area contributed by atoms with Crippen molar-refractivity contribution in [3.63, 3.8) is 0 Å². The molecular weight excluding hydrogens is 168 g/mol. The molecule has 0 radical (unpaired) electrons. The Morgan fingerprint density at radius 2 is 2.38 bits per heavy atom. The summed E-state index contributed by atoms with van der Waals surface area (Å²) in [5.41, 5.74) is -0.244. The van der Waals surface area contributed by atoms with Gasteiger partial charge in [0.25, 0.3) is 0 Å². The van der Waals surface area contributed by atoms with Crippen LogP contribution in [0.3, 0.4) is 0 Å². The lowest BCUT2D eigenvalue weighted by Gasteiger charge is -2.19. The molecule has 0 aliphatic rings. The van der Waals surface area contributed by atoms with E-state index >= 15 is 0 Å². The summed E-state index contributed by atoms with van der Waals surface area (Å²) in [7, 11) is 1.78. The third-order valence-corrected chi connectivity index (χ3v) is 2.46. The summed E-state index contributed by atoms with van der Waals surface area (Å²) in [5, 5.41) is 13.2. The van der Waals surface area contributed by atoms with Crippen LogP contribution in [-0.4, -0.2) is 20.9 Å². The van der Waals surface area contributed by atoms with Crippen LogP contribution < -0.4 is 0 Å². The zero-order valence-electron chi connectivity index (χ0n) is 8.11. The topological polar surface area (TPSA) is 55.1 Å². The van der Waals surface area contributed by atoms with Gasteiger partial charge in [-0.15, -0.1) is 0 Å². The van der Waals surface area contributed by atoms with Gasteiger partial charge in [0, 0.05) is 13.2 Å². The van der Waals surface area contributed by atoms with Crippen LogP contribution in [0.15, 0.2) is 12.3 Å². The summed E-state index contributed by atoms with van der Waals surface area (Å²) in [5.74, 6) is -0.825. The lowest BCUT2D eigenvalue weighted by atomic mass is 9.84. The number of hydrogen-bond acceptors (Lipinski definition) is 2. The molecule has 0 saturated carbocycles. The molecule has 0 fully saturated rings. The molecule has 1 rings (SSSR count). The van der Waals surface area contributed by atoms with E-state index < -0.39 is 11.4 Å². The Hall–Kier alpha value is -1.32. The van der Waals surface area contributed by atoms with E-state index in [4.69, 9.17) is 5.11 Å². The van der Waals surface area contributed by atoms with Crippen LogP contribution in [0.2, 0.25) is 0 Å². The minimum Gasteiger partial charge on any atom is -0.481 e. The molecule has 4 nitrogen and oxygen atoms in total. The Labute approximate surface area is 77.2 Å². The van der Waals surface area contributed by atoms with Crippen LogP contribution in [0.25, 0.3) is 0 Å². The molecule has 0 aliphatic heterocycles. The summed E-state index contributed by atoms with van der Waals surface area (Å²) in [6.07, 6.45) is 2.30. The van der Waals surface area contributed by atoms with Gasteiger partial charge in [0.05, 0.1) is 5.69 Å². The van der Waals surface area contributed by atoms with Gasteiger partial charge < -0.3 is 5.11 Å². The first kappa shape index (κ1) is 9.77. The molecule has 0 spiro atoms. The lowest BCUT2D eigenvalue weighted by molar-refractivity contribution is -0.143. The Bertz CT molecular complexity index is 319. The van der Waals surface area contributed by atoms with E-state index in [1.807, 2.05) is 6.92 Å². The normalized spacial score (nSPS) is 15.3. The number of rotatable bonds is 3. The fourth-order valence-electron chi connectivity index (χ4n) is 1.15. The number of aryl methyl sites for hydroxylation is 1. The van der Waals surface area contributed by atoms with E-state index in [1.54, 1.807) is 30.9 Å². The zero-order chi connectivity index (χ0) is 10.1. The molecule has 1 atom stereocenters. The van der Waals surface area contributed by atoms with E-state index in [9.17, 15) is 4.79 Å². The van der Waals surface area contributed by atoms with Gasteiger partial charge in [0.15, 0.2) is 0 Å². The van der Waals surface area contributed by atoms with E-state index in [1.165, 1.54) is 0 Å². The highest BCUT2D eigenvalue weighted by atomic mass is 16.4. The summed E-state index contributed by atoms with van der Waals surface area (Å²) >= 11 is 0. The van der Waals surface area contributed by atoms with Crippen LogP contribution in [0, 0.1) is 0 Å². The molecule has 13 heavy (non-hydrogen) atoms. The number of hydrogen-bond donors (Lipinski definition) is 1. The lowest BCUT2D eigenvalue weighted by Crippen LogP contribution is -2.32. The maximum Gasteiger partial charge on any atom is 0.315 e. The molecule has 0 aliphatic carbocycles. The van der Waals surface area contributed by atoms with Crippen molar-refractivity contribution in [1.82, 2.24) is 9.78 Å². The van der Waals surface area contributed by atoms with Crippen LogP contribution in [-0.2, 0) is 17.3 Å². The maximum absolute atomic E-state index is 11.0. The van der Waals surface area contributed by atoms with E-state index in [-0.39, 0.29) is 0 Å². The molecule has 0 saturated heterocycles. The van der Waals surface area contributed by atoms with Gasteiger partial charge in [0.1, 0.15) is 5.41 Å². The highest BCUT2D eigenvalue weighted by Crippen LogP contribution is 2.25. The SMILES string of the molecule is CCC(C)(C(=O)O)c1ccn(C)n1. The maximum atomic E-state index is 11.0. The van der Waals surface area contributed by atoms with Gasteiger partial charge in [-0.1, -0.05) is 6.92 Å². The number of aromatic nitrogens is 2. The van der Waals surface area contributed by atoms with E-state index in [0.717, 1.165) is 0 Å². The van der Waals surface area contributed by atoms with Crippen molar-refractivity contribution in [3.05, 3.63) is 18.0 Å². The quantitative estimate of drug-likeness (QED) is 0.763. The molecule has 1 heterocycles. The molecule has 0 bridgehead atoms. The summed E-state index contributed by atoms with van der Waals surface area (Å²) in [6.45, 7) is 3.54. The van der Waals surface area contributed by atoms with Gasteiger partial charge in [-0.3, -0.25) is 9.48 Å². The largest absolute Gasteiger partial charge is 0.481 e. The van der Waals surface area contributed by atoms with Crippen LogP contribution >= 0.6 is 0 Å². The van der Waals surface area contributed by atoms with E-state index in [0.29, 0.717) is 12.1 Å². The molecule has 1 aromatic heterocycles. The third kappa shape index (κ3) is 1.56. The van der Waals surface area contributed by atoms with Crippen LogP contribution in [0.5, 0.6) is 0 Å². The second kappa shape index (κ2) is 3.20. The minimum absolute atomic E-state index is 0.541. The van der Waals surface area contributed by atoms with Gasteiger partial charge >= 0.3 is 5.97 Å². The van der Waals surface area contributed by atoms with E-state index in [2.05, 4.69) is 5.10 Å². The first-order valence-corrected chi connectivity index (χ1v) is 4.24. The van der Waals surface area contributed by atoms with Gasteiger partial charge in [-0.2, -0.15) is 5.10 Å². The number of carboxylic acids is 1. The van der Waals surface area contributed by atoms with Crippen LogP contribution in [0.4, 0.5) is 0 Å². The molecule has 1 unspecified atom stereocenters. The molecule has 1 aromatic rings. The van der Waals surface area contributed by atoms with Crippen molar-refractivity contribution < 1.29 is 9.90 Å². The highest BCUT2D eigenvalue weighted by Gasteiger charge is 2.35. The Morgan fingerprint density at radius 3 is 2.69 bits per heavy atom.